The van der Waals surface area contributed by atoms with Gasteiger partial charge in [-0.3, -0.25) is 9.36 Å². The molecule has 0 unspecified atom stereocenters. The number of nitrogens with zero attached hydrogens (tertiary/aromatic N) is 2. The Morgan fingerprint density at radius 2 is 1.90 bits per heavy atom. The summed E-state index contributed by atoms with van der Waals surface area (Å²) in [5.41, 5.74) is 6.69. The molecule has 0 amide bonds. The summed E-state index contributed by atoms with van der Waals surface area (Å²) in [7, 11) is 0. The molecule has 8 heteroatoms. The smallest absolute Gasteiger partial charge is 0.271 e. The summed E-state index contributed by atoms with van der Waals surface area (Å²) in [6.07, 6.45) is 3.80. The predicted molar refractivity (Wildman–Crippen MR) is 167 cm³/mol. The van der Waals surface area contributed by atoms with E-state index in [1.807, 2.05) is 53.1 Å². The van der Waals surface area contributed by atoms with Crippen LogP contribution in [0.25, 0.3) is 11.8 Å². The second-order valence-electron chi connectivity index (χ2n) is 9.73. The van der Waals surface area contributed by atoms with Crippen molar-refractivity contribution in [2.24, 2.45) is 4.99 Å². The number of rotatable bonds is 5. The number of allylic oxidation sites excluding steroid dienone is 1. The molecule has 4 nitrogen and oxygen atoms in total. The van der Waals surface area contributed by atoms with E-state index in [0.717, 1.165) is 44.7 Å². The van der Waals surface area contributed by atoms with Crippen LogP contribution >= 0.6 is 50.2 Å². The van der Waals surface area contributed by atoms with Gasteiger partial charge >= 0.3 is 0 Å². The Morgan fingerprint density at radius 3 is 2.70 bits per heavy atom. The van der Waals surface area contributed by atoms with Crippen LogP contribution in [0.5, 0.6) is 5.75 Å². The fraction of sp³-hybridized carbons (Fsp3) is 0.125. The third kappa shape index (κ3) is 4.71. The second kappa shape index (κ2) is 10.6. The first-order valence-electron chi connectivity index (χ1n) is 12.9. The standard InChI is InChI=1S/C32H22BrClN2O2S2/c33-25-16-20(9-14-26(25)38-18-19-7-11-22(34)12-8-19)17-28-31(37)36-30(27-6-3-15-39-27)24-13-10-21-4-1-2-5-23(21)29(24)35-32(36)40-28/h1-9,11-12,14-17,30H,10,13,18H2/b28-17+/t30-/m0/s1. The van der Waals surface area contributed by atoms with E-state index in [4.69, 9.17) is 21.3 Å². The minimum atomic E-state index is -0.128. The maximum atomic E-state index is 13.9. The number of benzene rings is 3. The van der Waals surface area contributed by atoms with Gasteiger partial charge in [0.15, 0.2) is 4.80 Å². The Labute approximate surface area is 252 Å². The van der Waals surface area contributed by atoms with Crippen LogP contribution in [-0.4, -0.2) is 4.57 Å². The van der Waals surface area contributed by atoms with Gasteiger partial charge in [-0.1, -0.05) is 71.5 Å². The van der Waals surface area contributed by atoms with E-state index in [0.29, 0.717) is 16.2 Å². The SMILES string of the molecule is O=c1/c(=C\c2ccc(OCc3ccc(Cl)cc3)c(Br)c2)sc2n1[C@H](c1cccs1)C1=C(N=2)c2ccccc2CC1. The summed E-state index contributed by atoms with van der Waals surface area (Å²) in [5, 5.41) is 2.78. The van der Waals surface area contributed by atoms with Gasteiger partial charge in [0, 0.05) is 15.5 Å². The third-order valence-electron chi connectivity index (χ3n) is 7.25. The first-order valence-corrected chi connectivity index (χ1v) is 15.8. The predicted octanol–water partition coefficient (Wildman–Crippen LogP) is 7.38. The fourth-order valence-corrected chi connectivity index (χ4v) is 7.82. The lowest BCUT2D eigenvalue weighted by Crippen LogP contribution is -2.38. The van der Waals surface area contributed by atoms with Crippen molar-refractivity contribution in [3.8, 4) is 5.75 Å². The lowest BCUT2D eigenvalue weighted by atomic mass is 9.85. The van der Waals surface area contributed by atoms with E-state index in [-0.39, 0.29) is 11.6 Å². The molecule has 1 aliphatic heterocycles. The van der Waals surface area contributed by atoms with Crippen LogP contribution in [0.3, 0.4) is 0 Å². The molecule has 40 heavy (non-hydrogen) atoms. The molecule has 0 radical (unpaired) electrons. The van der Waals surface area contributed by atoms with Crippen molar-refractivity contribution < 1.29 is 4.74 Å². The maximum Gasteiger partial charge on any atom is 0.271 e. The van der Waals surface area contributed by atoms with E-state index < -0.39 is 0 Å². The number of hydrogen-bond donors (Lipinski definition) is 0. The van der Waals surface area contributed by atoms with Crippen molar-refractivity contribution in [3.05, 3.63) is 146 Å². The molecule has 0 spiro atoms. The molecule has 1 aliphatic carbocycles. The van der Waals surface area contributed by atoms with Gasteiger partial charge in [0.1, 0.15) is 12.4 Å². The van der Waals surface area contributed by atoms with Crippen molar-refractivity contribution in [1.82, 2.24) is 4.57 Å². The Bertz CT molecular complexity index is 1960. The van der Waals surface area contributed by atoms with Gasteiger partial charge in [-0.2, -0.15) is 0 Å². The van der Waals surface area contributed by atoms with Gasteiger partial charge < -0.3 is 4.74 Å². The number of hydrogen-bond acceptors (Lipinski definition) is 5. The second-order valence-corrected chi connectivity index (χ2v) is 13.0. The van der Waals surface area contributed by atoms with Crippen LogP contribution in [0.15, 0.2) is 104 Å². The average molecular weight is 646 g/mol. The molecular weight excluding hydrogens is 624 g/mol. The minimum Gasteiger partial charge on any atom is -0.488 e. The van der Waals surface area contributed by atoms with E-state index >= 15 is 0 Å². The van der Waals surface area contributed by atoms with Gasteiger partial charge in [-0.05, 0) is 92.8 Å². The highest BCUT2D eigenvalue weighted by atomic mass is 79.9. The number of thiophene rings is 1. The van der Waals surface area contributed by atoms with E-state index in [1.54, 1.807) is 11.3 Å². The van der Waals surface area contributed by atoms with Crippen LogP contribution in [0, 0.1) is 0 Å². The molecular formula is C32H22BrClN2O2S2. The lowest BCUT2D eigenvalue weighted by Gasteiger charge is -2.30. The fourth-order valence-electron chi connectivity index (χ4n) is 5.33. The number of thiazole rings is 1. The first-order chi connectivity index (χ1) is 19.5. The Kier molecular flexibility index (Phi) is 6.84. The number of fused-ring (bicyclic) bond motifs is 3. The third-order valence-corrected chi connectivity index (χ3v) is 10.0. The van der Waals surface area contributed by atoms with Crippen LogP contribution in [-0.2, 0) is 13.0 Å². The van der Waals surface area contributed by atoms with Crippen LogP contribution in [0.2, 0.25) is 5.02 Å². The highest BCUT2D eigenvalue weighted by Crippen LogP contribution is 2.42. The van der Waals surface area contributed by atoms with E-state index in [1.165, 1.54) is 32.9 Å². The van der Waals surface area contributed by atoms with Crippen LogP contribution in [0.1, 0.15) is 39.6 Å². The monoisotopic (exact) mass is 644 g/mol. The summed E-state index contributed by atoms with van der Waals surface area (Å²) in [4.78, 5) is 20.9. The topological polar surface area (TPSA) is 43.6 Å². The van der Waals surface area contributed by atoms with Gasteiger partial charge in [0.05, 0.1) is 20.7 Å². The summed E-state index contributed by atoms with van der Waals surface area (Å²) in [5.74, 6) is 0.734. The summed E-state index contributed by atoms with van der Waals surface area (Å²) in [6.45, 7) is 0.435. The molecule has 0 saturated carbocycles. The molecule has 0 N–H and O–H groups in total. The first kappa shape index (κ1) is 25.7. The zero-order valence-electron chi connectivity index (χ0n) is 21.1. The average Bonchev–Trinajstić information content (AvgIpc) is 3.61. The molecule has 3 heterocycles. The van der Waals surface area contributed by atoms with E-state index in [2.05, 4.69) is 57.7 Å². The van der Waals surface area contributed by atoms with Gasteiger partial charge in [0.25, 0.3) is 5.56 Å². The zero-order chi connectivity index (χ0) is 27.2. The molecule has 0 saturated heterocycles. The summed E-state index contributed by atoms with van der Waals surface area (Å²) in [6, 6.07) is 26.0. The molecule has 0 fully saturated rings. The normalized spacial score (nSPS) is 16.2. The molecule has 2 aromatic heterocycles. The minimum absolute atomic E-state index is 0.00764. The zero-order valence-corrected chi connectivity index (χ0v) is 25.1. The van der Waals surface area contributed by atoms with Crippen molar-refractivity contribution >= 4 is 62.0 Å². The van der Waals surface area contributed by atoms with Gasteiger partial charge in [-0.25, -0.2) is 4.99 Å². The highest BCUT2D eigenvalue weighted by Gasteiger charge is 2.33. The Hall–Kier alpha value is -3.23. The van der Waals surface area contributed by atoms with Crippen molar-refractivity contribution in [2.75, 3.05) is 0 Å². The van der Waals surface area contributed by atoms with Crippen molar-refractivity contribution in [2.45, 2.75) is 25.5 Å². The van der Waals surface area contributed by atoms with E-state index in [9.17, 15) is 4.79 Å². The van der Waals surface area contributed by atoms with Crippen molar-refractivity contribution in [1.29, 1.82) is 0 Å². The van der Waals surface area contributed by atoms with Gasteiger partial charge in [-0.15, -0.1) is 11.3 Å². The number of halogens is 2. The summed E-state index contributed by atoms with van der Waals surface area (Å²) < 4.78 is 9.39. The molecule has 2 aliphatic rings. The molecule has 3 aromatic carbocycles. The van der Waals surface area contributed by atoms with Crippen molar-refractivity contribution in [3.63, 3.8) is 0 Å². The number of aromatic nitrogens is 1. The molecule has 198 valence electrons. The largest absolute Gasteiger partial charge is 0.488 e. The Morgan fingerprint density at radius 1 is 1.05 bits per heavy atom. The number of ether oxygens (including phenoxy) is 1. The number of aryl methyl sites for hydroxylation is 1. The summed E-state index contributed by atoms with van der Waals surface area (Å²) >= 11 is 12.8. The van der Waals surface area contributed by atoms with Gasteiger partial charge in [0.2, 0.25) is 0 Å². The quantitative estimate of drug-likeness (QED) is 0.200. The maximum absolute atomic E-state index is 13.9. The molecule has 0 bridgehead atoms. The molecule has 5 aromatic rings. The molecule has 7 rings (SSSR count). The van der Waals surface area contributed by atoms with Crippen LogP contribution < -0.4 is 19.6 Å². The Balaban J connectivity index is 1.27. The highest BCUT2D eigenvalue weighted by molar-refractivity contribution is 9.10. The molecule has 1 atom stereocenters. The van der Waals surface area contributed by atoms with Crippen LogP contribution in [0.4, 0.5) is 0 Å². The lowest BCUT2D eigenvalue weighted by molar-refractivity contribution is 0.304.